The summed E-state index contributed by atoms with van der Waals surface area (Å²) in [5.74, 6) is 0.693. The first-order valence-corrected chi connectivity index (χ1v) is 7.03. The summed E-state index contributed by atoms with van der Waals surface area (Å²) in [6.45, 7) is 4.78. The molecular formula is C12H20N4S. The minimum absolute atomic E-state index is 0.661. The lowest BCUT2D eigenvalue weighted by Crippen LogP contribution is -2.38. The molecule has 0 bridgehead atoms. The van der Waals surface area contributed by atoms with E-state index in [4.69, 9.17) is 5.73 Å². The Morgan fingerprint density at radius 3 is 2.71 bits per heavy atom. The summed E-state index contributed by atoms with van der Waals surface area (Å²) in [5.41, 5.74) is 6.03. The molecule has 0 spiro atoms. The smallest absolute Gasteiger partial charge is 0.191 e. The second-order valence-electron chi connectivity index (χ2n) is 4.42. The second-order valence-corrected chi connectivity index (χ2v) is 5.74. The Balaban J connectivity index is 1.91. The molecule has 1 aliphatic heterocycles. The largest absolute Gasteiger partial charge is 0.370 e. The van der Waals surface area contributed by atoms with Crippen LogP contribution in [-0.4, -0.2) is 28.9 Å². The lowest BCUT2D eigenvalue weighted by Gasteiger charge is -2.20. The molecule has 5 heteroatoms. The van der Waals surface area contributed by atoms with Gasteiger partial charge in [0.2, 0.25) is 0 Å². The molecule has 1 aromatic heterocycles. The van der Waals surface area contributed by atoms with Crippen LogP contribution in [0.4, 0.5) is 0 Å². The molecule has 1 saturated heterocycles. The number of rotatable bonds is 2. The van der Waals surface area contributed by atoms with E-state index in [1.54, 1.807) is 11.3 Å². The third-order valence-electron chi connectivity index (χ3n) is 3.00. The van der Waals surface area contributed by atoms with E-state index in [1.807, 2.05) is 13.1 Å². The van der Waals surface area contributed by atoms with Crippen LogP contribution in [0.5, 0.6) is 0 Å². The van der Waals surface area contributed by atoms with E-state index < -0.39 is 0 Å². The Bertz CT molecular complexity index is 378. The van der Waals surface area contributed by atoms with Gasteiger partial charge in [-0.25, -0.2) is 9.98 Å². The highest BCUT2D eigenvalue weighted by molar-refractivity contribution is 7.11. The van der Waals surface area contributed by atoms with Crippen molar-refractivity contribution < 1.29 is 0 Å². The van der Waals surface area contributed by atoms with Gasteiger partial charge >= 0.3 is 0 Å². The average Bonchev–Trinajstić information content (AvgIpc) is 2.58. The van der Waals surface area contributed by atoms with Crippen LogP contribution in [0.25, 0.3) is 0 Å². The van der Waals surface area contributed by atoms with Gasteiger partial charge in [0.15, 0.2) is 5.96 Å². The van der Waals surface area contributed by atoms with Crippen LogP contribution >= 0.6 is 11.3 Å². The van der Waals surface area contributed by atoms with Gasteiger partial charge in [0.05, 0.1) is 11.6 Å². The monoisotopic (exact) mass is 252 g/mol. The van der Waals surface area contributed by atoms with Crippen LogP contribution in [0, 0.1) is 6.92 Å². The number of thiazole rings is 1. The van der Waals surface area contributed by atoms with E-state index in [1.165, 1.54) is 30.6 Å². The zero-order valence-electron chi connectivity index (χ0n) is 10.4. The van der Waals surface area contributed by atoms with Gasteiger partial charge in [0.25, 0.3) is 0 Å². The summed E-state index contributed by atoms with van der Waals surface area (Å²) in [6, 6.07) is 0. The van der Waals surface area contributed by atoms with Crippen LogP contribution in [0.3, 0.4) is 0 Å². The van der Waals surface area contributed by atoms with E-state index >= 15 is 0 Å². The Hall–Kier alpha value is -1.10. The summed E-state index contributed by atoms with van der Waals surface area (Å²) in [6.07, 6.45) is 6.99. The fourth-order valence-corrected chi connectivity index (χ4v) is 2.76. The normalized spacial score (nSPS) is 18.2. The number of likely N-dealkylation sites (tertiary alicyclic amines) is 1. The van der Waals surface area contributed by atoms with Gasteiger partial charge < -0.3 is 10.6 Å². The average molecular weight is 252 g/mol. The van der Waals surface area contributed by atoms with Crippen LogP contribution < -0.4 is 5.73 Å². The fourth-order valence-electron chi connectivity index (χ4n) is 2.04. The number of hydrogen-bond donors (Lipinski definition) is 1. The SMILES string of the molecule is Cc1ncc(CN=C(N)N2CCCCCC2)s1. The second kappa shape index (κ2) is 6.00. The van der Waals surface area contributed by atoms with E-state index in [0.717, 1.165) is 18.1 Å². The minimum atomic E-state index is 0.661. The zero-order chi connectivity index (χ0) is 12.1. The van der Waals surface area contributed by atoms with Gasteiger partial charge in [-0.05, 0) is 19.8 Å². The first-order valence-electron chi connectivity index (χ1n) is 6.22. The molecule has 17 heavy (non-hydrogen) atoms. The predicted octanol–water partition coefficient (Wildman–Crippen LogP) is 2.14. The van der Waals surface area contributed by atoms with Crippen molar-refractivity contribution in [3.8, 4) is 0 Å². The van der Waals surface area contributed by atoms with Crippen LogP contribution in [-0.2, 0) is 6.54 Å². The first-order chi connectivity index (χ1) is 8.25. The molecule has 0 atom stereocenters. The molecule has 4 nitrogen and oxygen atoms in total. The van der Waals surface area contributed by atoms with Gasteiger partial charge in [-0.2, -0.15) is 0 Å². The molecule has 0 saturated carbocycles. The molecule has 0 radical (unpaired) electrons. The minimum Gasteiger partial charge on any atom is -0.370 e. The van der Waals surface area contributed by atoms with Gasteiger partial charge in [-0.1, -0.05) is 12.8 Å². The van der Waals surface area contributed by atoms with E-state index in [0.29, 0.717) is 12.5 Å². The molecule has 1 aromatic rings. The Kier molecular flexibility index (Phi) is 4.36. The number of nitrogens with zero attached hydrogens (tertiary/aromatic N) is 3. The van der Waals surface area contributed by atoms with Crippen molar-refractivity contribution in [3.05, 3.63) is 16.1 Å². The van der Waals surface area contributed by atoms with Gasteiger partial charge in [-0.3, -0.25) is 0 Å². The molecule has 2 N–H and O–H groups in total. The Morgan fingerprint density at radius 2 is 2.12 bits per heavy atom. The van der Waals surface area contributed by atoms with E-state index in [2.05, 4.69) is 14.9 Å². The molecule has 0 aliphatic carbocycles. The van der Waals surface area contributed by atoms with Gasteiger partial charge in [0, 0.05) is 24.2 Å². The number of aryl methyl sites for hydroxylation is 1. The maximum atomic E-state index is 6.03. The molecular weight excluding hydrogens is 232 g/mol. The van der Waals surface area contributed by atoms with Crippen molar-refractivity contribution in [3.63, 3.8) is 0 Å². The quantitative estimate of drug-likeness (QED) is 0.648. The number of aromatic nitrogens is 1. The number of aliphatic imine (C=N–C) groups is 1. The number of hydrogen-bond acceptors (Lipinski definition) is 3. The summed E-state index contributed by atoms with van der Waals surface area (Å²) in [7, 11) is 0. The fraction of sp³-hybridized carbons (Fsp3) is 0.667. The lowest BCUT2D eigenvalue weighted by molar-refractivity contribution is 0.428. The Labute approximate surface area is 107 Å². The summed E-state index contributed by atoms with van der Waals surface area (Å²) < 4.78 is 0. The van der Waals surface area contributed by atoms with Crippen molar-refractivity contribution in [2.45, 2.75) is 39.2 Å². The summed E-state index contributed by atoms with van der Waals surface area (Å²) in [5, 5.41) is 1.09. The molecule has 1 aliphatic rings. The molecule has 0 amide bonds. The number of nitrogens with two attached hydrogens (primary N) is 1. The highest BCUT2D eigenvalue weighted by atomic mass is 32.1. The maximum Gasteiger partial charge on any atom is 0.191 e. The summed E-state index contributed by atoms with van der Waals surface area (Å²) in [4.78, 5) is 12.1. The van der Waals surface area contributed by atoms with E-state index in [-0.39, 0.29) is 0 Å². The van der Waals surface area contributed by atoms with Gasteiger partial charge in [0.1, 0.15) is 0 Å². The van der Waals surface area contributed by atoms with Crippen molar-refractivity contribution in [1.82, 2.24) is 9.88 Å². The predicted molar refractivity (Wildman–Crippen MR) is 72.2 cm³/mol. The third-order valence-corrected chi connectivity index (χ3v) is 3.89. The lowest BCUT2D eigenvalue weighted by atomic mass is 10.2. The standard InChI is InChI=1S/C12H20N4S/c1-10-14-8-11(17-10)9-15-12(13)16-6-4-2-3-5-7-16/h8H,2-7,9H2,1H3,(H2,13,15). The van der Waals surface area contributed by atoms with Crippen molar-refractivity contribution in [2.24, 2.45) is 10.7 Å². The first kappa shape index (κ1) is 12.4. The molecule has 94 valence electrons. The third kappa shape index (κ3) is 3.70. The molecule has 0 unspecified atom stereocenters. The molecule has 1 fully saturated rings. The maximum absolute atomic E-state index is 6.03. The van der Waals surface area contributed by atoms with Crippen molar-refractivity contribution in [1.29, 1.82) is 0 Å². The molecule has 2 rings (SSSR count). The summed E-state index contributed by atoms with van der Waals surface area (Å²) >= 11 is 1.69. The number of guanidine groups is 1. The van der Waals surface area contributed by atoms with Crippen LogP contribution in [0.2, 0.25) is 0 Å². The molecule has 2 heterocycles. The van der Waals surface area contributed by atoms with Crippen LogP contribution in [0.15, 0.2) is 11.2 Å². The van der Waals surface area contributed by atoms with Crippen molar-refractivity contribution in [2.75, 3.05) is 13.1 Å². The highest BCUT2D eigenvalue weighted by Gasteiger charge is 2.10. The topological polar surface area (TPSA) is 54.5 Å². The molecule has 0 aromatic carbocycles. The highest BCUT2D eigenvalue weighted by Crippen LogP contribution is 2.13. The van der Waals surface area contributed by atoms with Crippen molar-refractivity contribution >= 4 is 17.3 Å². The zero-order valence-corrected chi connectivity index (χ0v) is 11.2. The van der Waals surface area contributed by atoms with E-state index in [9.17, 15) is 0 Å². The van der Waals surface area contributed by atoms with Crippen LogP contribution in [0.1, 0.15) is 35.6 Å². The van der Waals surface area contributed by atoms with Gasteiger partial charge in [-0.15, -0.1) is 11.3 Å². The Morgan fingerprint density at radius 1 is 1.41 bits per heavy atom.